The Morgan fingerprint density at radius 2 is 2.19 bits per heavy atom. The van der Waals surface area contributed by atoms with E-state index >= 15 is 0 Å². The molecule has 5 nitrogen and oxygen atoms in total. The molecule has 0 bridgehead atoms. The molecule has 0 aliphatic rings. The van der Waals surface area contributed by atoms with E-state index in [0.29, 0.717) is 17.3 Å². The van der Waals surface area contributed by atoms with E-state index in [2.05, 4.69) is 31.2 Å². The lowest BCUT2D eigenvalue weighted by molar-refractivity contribution is 0.415. The van der Waals surface area contributed by atoms with Gasteiger partial charge in [0, 0.05) is 18.0 Å². The number of anilines is 1. The largest absolute Gasteiger partial charge is 0.495 e. The number of rotatable bonds is 4. The zero-order valence-corrected chi connectivity index (χ0v) is 13.5. The first-order valence-corrected chi connectivity index (χ1v) is 7.39. The molecule has 0 aliphatic heterocycles. The lowest BCUT2D eigenvalue weighted by atomic mass is 10.3. The number of fused-ring (bicyclic) bond motifs is 1. The number of imidazole rings is 1. The van der Waals surface area contributed by atoms with Crippen LogP contribution in [0.5, 0.6) is 5.75 Å². The number of hydrogen-bond acceptors (Lipinski definition) is 4. The highest BCUT2D eigenvalue weighted by Gasteiger charge is 2.06. The van der Waals surface area contributed by atoms with Gasteiger partial charge >= 0.3 is 0 Å². The van der Waals surface area contributed by atoms with Gasteiger partial charge in [0.1, 0.15) is 10.4 Å². The number of benzene rings is 1. The van der Waals surface area contributed by atoms with Crippen LogP contribution in [-0.4, -0.2) is 21.5 Å². The third kappa shape index (κ3) is 2.96. The van der Waals surface area contributed by atoms with Gasteiger partial charge in [0.2, 0.25) is 0 Å². The quantitative estimate of drug-likeness (QED) is 0.763. The van der Waals surface area contributed by atoms with E-state index in [4.69, 9.17) is 16.3 Å². The molecule has 21 heavy (non-hydrogen) atoms. The van der Waals surface area contributed by atoms with Gasteiger partial charge in [-0.05, 0) is 28.1 Å². The first kappa shape index (κ1) is 14.2. The summed E-state index contributed by atoms with van der Waals surface area (Å²) in [6, 6.07) is 5.58. The van der Waals surface area contributed by atoms with Crippen molar-refractivity contribution >= 4 is 38.9 Å². The van der Waals surface area contributed by atoms with Gasteiger partial charge in [-0.15, -0.1) is 0 Å². The number of ether oxygens (including phenoxy) is 1. The van der Waals surface area contributed by atoms with Crippen LogP contribution in [0.3, 0.4) is 0 Å². The first-order valence-electron chi connectivity index (χ1n) is 6.22. The Kier molecular flexibility index (Phi) is 3.98. The van der Waals surface area contributed by atoms with Crippen molar-refractivity contribution in [1.29, 1.82) is 0 Å². The van der Waals surface area contributed by atoms with E-state index in [9.17, 15) is 0 Å². The van der Waals surface area contributed by atoms with Gasteiger partial charge in [0.05, 0.1) is 36.8 Å². The second-order valence-corrected chi connectivity index (χ2v) is 5.61. The molecular formula is C14H12BrClN4O. The van der Waals surface area contributed by atoms with E-state index in [1.54, 1.807) is 19.4 Å². The van der Waals surface area contributed by atoms with Crippen LogP contribution in [0, 0.1) is 0 Å². The highest BCUT2D eigenvalue weighted by atomic mass is 79.9. The minimum absolute atomic E-state index is 0.591. The van der Waals surface area contributed by atoms with Gasteiger partial charge in [-0.25, -0.2) is 9.97 Å². The Morgan fingerprint density at radius 3 is 3.00 bits per heavy atom. The smallest absolute Gasteiger partial charge is 0.155 e. The number of nitrogens with one attached hydrogen (secondary N) is 1. The Labute approximate surface area is 135 Å². The number of aromatic nitrogens is 3. The topological polar surface area (TPSA) is 51.5 Å². The fraction of sp³-hybridized carbons (Fsp3) is 0.143. The lowest BCUT2D eigenvalue weighted by Crippen LogP contribution is -2.03. The van der Waals surface area contributed by atoms with Crippen LogP contribution in [0.25, 0.3) is 5.65 Å². The predicted molar refractivity (Wildman–Crippen MR) is 86.0 cm³/mol. The van der Waals surface area contributed by atoms with Gasteiger partial charge in [0.25, 0.3) is 0 Å². The fourth-order valence-electron chi connectivity index (χ4n) is 2.01. The summed E-state index contributed by atoms with van der Waals surface area (Å²) in [6.45, 7) is 0.627. The molecule has 0 aliphatic carbocycles. The van der Waals surface area contributed by atoms with Crippen molar-refractivity contribution in [3.8, 4) is 5.75 Å². The van der Waals surface area contributed by atoms with E-state index in [0.717, 1.165) is 21.6 Å². The number of methoxy groups -OCH3 is 1. The Morgan fingerprint density at radius 1 is 1.33 bits per heavy atom. The molecule has 0 saturated carbocycles. The normalized spacial score (nSPS) is 10.8. The van der Waals surface area contributed by atoms with Crippen LogP contribution in [0.15, 0.2) is 41.4 Å². The lowest BCUT2D eigenvalue weighted by Gasteiger charge is -2.09. The van der Waals surface area contributed by atoms with Gasteiger partial charge in [0.15, 0.2) is 5.65 Å². The van der Waals surface area contributed by atoms with Crippen molar-refractivity contribution in [2.45, 2.75) is 6.54 Å². The number of halogens is 2. The van der Waals surface area contributed by atoms with Crippen LogP contribution in [0.4, 0.5) is 5.69 Å². The highest BCUT2D eigenvalue weighted by Crippen LogP contribution is 2.27. The van der Waals surface area contributed by atoms with Gasteiger partial charge in [-0.1, -0.05) is 11.6 Å². The molecule has 7 heteroatoms. The van der Waals surface area contributed by atoms with E-state index in [1.807, 2.05) is 28.9 Å². The molecule has 0 radical (unpaired) electrons. The summed E-state index contributed by atoms with van der Waals surface area (Å²) in [6.07, 6.45) is 5.43. The molecule has 0 atom stereocenters. The van der Waals surface area contributed by atoms with Crippen LogP contribution >= 0.6 is 27.5 Å². The summed E-state index contributed by atoms with van der Waals surface area (Å²) in [7, 11) is 1.60. The first-order chi connectivity index (χ1) is 10.2. The molecule has 0 spiro atoms. The van der Waals surface area contributed by atoms with Crippen molar-refractivity contribution < 1.29 is 4.74 Å². The second-order valence-electron chi connectivity index (χ2n) is 4.39. The van der Waals surface area contributed by atoms with E-state index in [1.165, 1.54) is 0 Å². The molecule has 2 aromatic heterocycles. The molecule has 0 saturated heterocycles. The van der Waals surface area contributed by atoms with E-state index < -0.39 is 0 Å². The molecule has 2 heterocycles. The SMILES string of the molecule is COc1cc(NCc2cnc3cnc(Br)cn23)ccc1Cl. The van der Waals surface area contributed by atoms with Gasteiger partial charge < -0.3 is 10.1 Å². The molecular weight excluding hydrogens is 356 g/mol. The molecule has 0 unspecified atom stereocenters. The molecule has 3 aromatic rings. The average molecular weight is 368 g/mol. The summed E-state index contributed by atoms with van der Waals surface area (Å²) < 4.78 is 7.95. The molecule has 1 aromatic carbocycles. The maximum atomic E-state index is 6.01. The molecule has 0 amide bonds. The fourth-order valence-corrected chi connectivity index (χ4v) is 2.51. The zero-order valence-electron chi connectivity index (χ0n) is 11.2. The summed E-state index contributed by atoms with van der Waals surface area (Å²) in [5.41, 5.74) is 2.77. The standard InChI is InChI=1S/C14H12BrClN4O/c1-21-12-4-9(2-3-11(12)16)17-5-10-6-19-14-7-18-13(15)8-20(10)14/h2-4,6-8,17H,5H2,1H3. The van der Waals surface area contributed by atoms with Crippen molar-refractivity contribution in [2.75, 3.05) is 12.4 Å². The van der Waals surface area contributed by atoms with E-state index in [-0.39, 0.29) is 0 Å². The zero-order chi connectivity index (χ0) is 14.8. The third-order valence-electron chi connectivity index (χ3n) is 3.07. The minimum Gasteiger partial charge on any atom is -0.495 e. The van der Waals surface area contributed by atoms with Crippen LogP contribution in [0.2, 0.25) is 5.02 Å². The highest BCUT2D eigenvalue weighted by molar-refractivity contribution is 9.10. The van der Waals surface area contributed by atoms with Crippen molar-refractivity contribution in [3.05, 3.63) is 52.1 Å². The minimum atomic E-state index is 0.591. The third-order valence-corrected chi connectivity index (χ3v) is 3.79. The summed E-state index contributed by atoms with van der Waals surface area (Å²) >= 11 is 9.38. The monoisotopic (exact) mass is 366 g/mol. The maximum Gasteiger partial charge on any atom is 0.155 e. The number of hydrogen-bond donors (Lipinski definition) is 1. The average Bonchev–Trinajstić information content (AvgIpc) is 2.88. The molecule has 1 N–H and O–H groups in total. The van der Waals surface area contributed by atoms with Crippen molar-refractivity contribution in [3.63, 3.8) is 0 Å². The summed E-state index contributed by atoms with van der Waals surface area (Å²) in [5, 5.41) is 3.92. The van der Waals surface area contributed by atoms with Crippen LogP contribution in [0.1, 0.15) is 5.69 Å². The van der Waals surface area contributed by atoms with Gasteiger partial charge in [-0.2, -0.15) is 0 Å². The Balaban J connectivity index is 1.81. The molecule has 3 rings (SSSR count). The Hall–Kier alpha value is -1.79. The molecule has 108 valence electrons. The Bertz CT molecular complexity index is 790. The van der Waals surface area contributed by atoms with Crippen LogP contribution < -0.4 is 10.1 Å². The van der Waals surface area contributed by atoms with Crippen LogP contribution in [-0.2, 0) is 6.54 Å². The predicted octanol–water partition coefficient (Wildman–Crippen LogP) is 3.77. The van der Waals surface area contributed by atoms with Gasteiger partial charge in [-0.3, -0.25) is 4.40 Å². The number of nitrogens with zero attached hydrogens (tertiary/aromatic N) is 3. The summed E-state index contributed by atoms with van der Waals surface area (Å²) in [5.74, 6) is 0.645. The maximum absolute atomic E-state index is 6.01. The molecule has 0 fully saturated rings. The second kappa shape index (κ2) is 5.91. The summed E-state index contributed by atoms with van der Waals surface area (Å²) in [4.78, 5) is 8.47. The van der Waals surface area contributed by atoms with Crippen molar-refractivity contribution in [2.24, 2.45) is 0 Å². The van der Waals surface area contributed by atoms with Crippen molar-refractivity contribution in [1.82, 2.24) is 14.4 Å².